The summed E-state index contributed by atoms with van der Waals surface area (Å²) in [5.41, 5.74) is 0.0717. The average molecular weight is 257 g/mol. The van der Waals surface area contributed by atoms with Gasteiger partial charge in [-0.05, 0) is 12.5 Å². The molecule has 0 aromatic carbocycles. The van der Waals surface area contributed by atoms with Crippen LogP contribution in [0.2, 0.25) is 5.02 Å². The fraction of sp³-hybridized carbons (Fsp3) is 0.455. The molecule has 1 fully saturated rings. The number of halogens is 1. The van der Waals surface area contributed by atoms with Crippen molar-refractivity contribution >= 4 is 23.4 Å². The van der Waals surface area contributed by atoms with Gasteiger partial charge < -0.3 is 14.7 Å². The Morgan fingerprint density at radius 2 is 2.47 bits per heavy atom. The molecular weight excluding hydrogens is 244 g/mol. The van der Waals surface area contributed by atoms with Gasteiger partial charge in [0, 0.05) is 19.9 Å². The van der Waals surface area contributed by atoms with Crippen LogP contribution in [0.3, 0.4) is 0 Å². The Morgan fingerprint density at radius 1 is 1.71 bits per heavy atom. The topological polar surface area (TPSA) is 62.7 Å². The zero-order valence-electron chi connectivity index (χ0n) is 9.39. The molecule has 2 heterocycles. The zero-order valence-corrected chi connectivity index (χ0v) is 10.1. The summed E-state index contributed by atoms with van der Waals surface area (Å²) >= 11 is 6.05. The Hall–Kier alpha value is -1.33. The molecule has 0 saturated carbocycles. The summed E-state index contributed by atoms with van der Waals surface area (Å²) in [6, 6.07) is 1.59. The maximum Gasteiger partial charge on any atom is 0.337 e. The van der Waals surface area contributed by atoms with Crippen LogP contribution in [0.1, 0.15) is 16.8 Å². The summed E-state index contributed by atoms with van der Waals surface area (Å²) in [5.74, 6) is -0.559. The molecule has 17 heavy (non-hydrogen) atoms. The van der Waals surface area contributed by atoms with Gasteiger partial charge in [-0.2, -0.15) is 0 Å². The SMILES string of the molecule is CN(c1nccc(C(=O)O)c1Cl)C1CCOC1. The van der Waals surface area contributed by atoms with E-state index in [-0.39, 0.29) is 16.6 Å². The Bertz CT molecular complexity index is 433. The molecule has 6 heteroatoms. The molecule has 1 saturated heterocycles. The number of carboxylic acid groups (broad SMARTS) is 1. The summed E-state index contributed by atoms with van der Waals surface area (Å²) in [7, 11) is 1.85. The van der Waals surface area contributed by atoms with Crippen LogP contribution in [0.25, 0.3) is 0 Å². The van der Waals surface area contributed by atoms with Crippen molar-refractivity contribution in [2.75, 3.05) is 25.2 Å². The van der Waals surface area contributed by atoms with E-state index in [1.165, 1.54) is 12.3 Å². The highest BCUT2D eigenvalue weighted by Gasteiger charge is 2.24. The van der Waals surface area contributed by atoms with Crippen molar-refractivity contribution in [2.24, 2.45) is 0 Å². The van der Waals surface area contributed by atoms with E-state index in [1.807, 2.05) is 11.9 Å². The zero-order chi connectivity index (χ0) is 12.4. The minimum absolute atomic E-state index is 0.0717. The number of pyridine rings is 1. The molecule has 1 N–H and O–H groups in total. The van der Waals surface area contributed by atoms with Crippen molar-refractivity contribution in [3.8, 4) is 0 Å². The Balaban J connectivity index is 2.31. The Morgan fingerprint density at radius 3 is 3.06 bits per heavy atom. The van der Waals surface area contributed by atoms with Crippen LogP contribution in [0.5, 0.6) is 0 Å². The number of hydrogen-bond acceptors (Lipinski definition) is 4. The summed E-state index contributed by atoms with van der Waals surface area (Å²) < 4.78 is 5.29. The van der Waals surface area contributed by atoms with Gasteiger partial charge >= 0.3 is 5.97 Å². The number of rotatable bonds is 3. The smallest absolute Gasteiger partial charge is 0.337 e. The van der Waals surface area contributed by atoms with E-state index >= 15 is 0 Å². The summed E-state index contributed by atoms with van der Waals surface area (Å²) in [6.07, 6.45) is 2.35. The largest absolute Gasteiger partial charge is 0.478 e. The second kappa shape index (κ2) is 4.89. The van der Waals surface area contributed by atoms with Gasteiger partial charge in [-0.1, -0.05) is 11.6 Å². The lowest BCUT2D eigenvalue weighted by Crippen LogP contribution is -2.32. The molecule has 0 radical (unpaired) electrons. The van der Waals surface area contributed by atoms with Crippen LogP contribution in [-0.4, -0.2) is 42.4 Å². The highest BCUT2D eigenvalue weighted by atomic mass is 35.5. The van der Waals surface area contributed by atoms with E-state index in [1.54, 1.807) is 0 Å². The van der Waals surface area contributed by atoms with Crippen molar-refractivity contribution in [2.45, 2.75) is 12.5 Å². The molecule has 1 unspecified atom stereocenters. The minimum Gasteiger partial charge on any atom is -0.478 e. The molecule has 1 aromatic heterocycles. The quantitative estimate of drug-likeness (QED) is 0.891. The lowest BCUT2D eigenvalue weighted by molar-refractivity contribution is 0.0697. The van der Waals surface area contributed by atoms with Gasteiger partial charge in [0.25, 0.3) is 0 Å². The van der Waals surface area contributed by atoms with Crippen LogP contribution >= 0.6 is 11.6 Å². The predicted molar refractivity (Wildman–Crippen MR) is 63.8 cm³/mol. The van der Waals surface area contributed by atoms with Gasteiger partial charge in [0.15, 0.2) is 0 Å². The van der Waals surface area contributed by atoms with Crippen LogP contribution in [0, 0.1) is 0 Å². The van der Waals surface area contributed by atoms with Gasteiger partial charge in [0.1, 0.15) is 5.82 Å². The van der Waals surface area contributed by atoms with Crippen LogP contribution in [0.15, 0.2) is 12.3 Å². The van der Waals surface area contributed by atoms with Crippen LogP contribution in [0.4, 0.5) is 5.82 Å². The van der Waals surface area contributed by atoms with E-state index in [0.717, 1.165) is 6.42 Å². The number of hydrogen-bond donors (Lipinski definition) is 1. The molecule has 1 aromatic rings. The van der Waals surface area contributed by atoms with Gasteiger partial charge in [0.2, 0.25) is 0 Å². The molecule has 1 atom stereocenters. The fourth-order valence-corrected chi connectivity index (χ4v) is 2.17. The lowest BCUT2D eigenvalue weighted by atomic mass is 10.2. The second-order valence-electron chi connectivity index (χ2n) is 3.93. The molecule has 2 rings (SSSR count). The number of nitrogens with zero attached hydrogens (tertiary/aromatic N) is 2. The maximum atomic E-state index is 11.0. The van der Waals surface area contributed by atoms with Crippen molar-refractivity contribution in [3.63, 3.8) is 0 Å². The molecule has 0 amide bonds. The number of aromatic carboxylic acids is 1. The number of anilines is 1. The van der Waals surface area contributed by atoms with Crippen molar-refractivity contribution < 1.29 is 14.6 Å². The molecular formula is C11H13ClN2O3. The Labute approximate surface area is 104 Å². The first-order valence-electron chi connectivity index (χ1n) is 5.29. The van der Waals surface area contributed by atoms with Crippen molar-refractivity contribution in [1.82, 2.24) is 4.98 Å². The summed E-state index contributed by atoms with van der Waals surface area (Å²) in [5, 5.41) is 9.16. The van der Waals surface area contributed by atoms with Gasteiger partial charge in [0.05, 0.1) is 23.2 Å². The van der Waals surface area contributed by atoms with Crippen LogP contribution < -0.4 is 4.90 Å². The molecule has 0 bridgehead atoms. The van der Waals surface area contributed by atoms with Crippen molar-refractivity contribution in [3.05, 3.63) is 22.8 Å². The third kappa shape index (κ3) is 2.35. The summed E-state index contributed by atoms with van der Waals surface area (Å²) in [4.78, 5) is 17.0. The average Bonchev–Trinajstić information content (AvgIpc) is 2.81. The molecule has 92 valence electrons. The Kier molecular flexibility index (Phi) is 3.49. The first kappa shape index (κ1) is 12.1. The van der Waals surface area contributed by atoms with E-state index in [9.17, 15) is 4.79 Å². The number of likely N-dealkylation sites (N-methyl/N-ethyl adjacent to an activating group) is 1. The van der Waals surface area contributed by atoms with E-state index in [0.29, 0.717) is 19.0 Å². The number of carboxylic acids is 1. The first-order valence-corrected chi connectivity index (χ1v) is 5.67. The number of aromatic nitrogens is 1. The van der Waals surface area contributed by atoms with Gasteiger partial charge in [-0.15, -0.1) is 0 Å². The molecule has 1 aliphatic rings. The van der Waals surface area contributed by atoms with Gasteiger partial charge in [-0.25, -0.2) is 9.78 Å². The number of carbonyl (C=O) groups is 1. The molecule has 0 aliphatic carbocycles. The van der Waals surface area contributed by atoms with E-state index in [4.69, 9.17) is 21.4 Å². The van der Waals surface area contributed by atoms with Crippen LogP contribution in [-0.2, 0) is 4.74 Å². The number of ether oxygens (including phenoxy) is 1. The minimum atomic E-state index is -1.05. The highest BCUT2D eigenvalue weighted by Crippen LogP contribution is 2.28. The van der Waals surface area contributed by atoms with E-state index in [2.05, 4.69) is 4.98 Å². The van der Waals surface area contributed by atoms with Gasteiger partial charge in [-0.3, -0.25) is 0 Å². The first-order chi connectivity index (χ1) is 8.11. The fourth-order valence-electron chi connectivity index (χ4n) is 1.84. The maximum absolute atomic E-state index is 11.0. The highest BCUT2D eigenvalue weighted by molar-refractivity contribution is 6.35. The second-order valence-corrected chi connectivity index (χ2v) is 4.31. The normalized spacial score (nSPS) is 19.3. The molecule has 0 spiro atoms. The molecule has 1 aliphatic heterocycles. The summed E-state index contributed by atoms with van der Waals surface area (Å²) in [6.45, 7) is 1.33. The lowest BCUT2D eigenvalue weighted by Gasteiger charge is -2.25. The third-order valence-corrected chi connectivity index (χ3v) is 3.26. The predicted octanol–water partition coefficient (Wildman–Crippen LogP) is 1.66. The molecule has 5 nitrogen and oxygen atoms in total. The van der Waals surface area contributed by atoms with E-state index < -0.39 is 5.97 Å². The third-order valence-electron chi connectivity index (χ3n) is 2.89. The van der Waals surface area contributed by atoms with Crippen molar-refractivity contribution in [1.29, 1.82) is 0 Å². The standard InChI is InChI=1S/C11H13ClN2O3/c1-14(7-3-5-17-6-7)10-9(12)8(11(15)16)2-4-13-10/h2,4,7H,3,5-6H2,1H3,(H,15,16). The monoisotopic (exact) mass is 256 g/mol.